The summed E-state index contributed by atoms with van der Waals surface area (Å²) in [6.45, 7) is 2.99. The quantitative estimate of drug-likeness (QED) is 0.752. The van der Waals surface area contributed by atoms with Gasteiger partial charge in [0.2, 0.25) is 0 Å². The highest BCUT2D eigenvalue weighted by Gasteiger charge is 1.99. The Morgan fingerprint density at radius 2 is 2.00 bits per heavy atom. The Morgan fingerprint density at radius 1 is 1.36 bits per heavy atom. The van der Waals surface area contributed by atoms with E-state index < -0.39 is 0 Å². The van der Waals surface area contributed by atoms with Crippen molar-refractivity contribution >= 4 is 5.69 Å². The van der Waals surface area contributed by atoms with Gasteiger partial charge in [0.25, 0.3) is 0 Å². The standard InChI is InChI=1S/C11H17NO2/c1-9(8-13)7-12-10-3-5-11(14-2)6-4-10/h3-6,9,12-13H,7-8H2,1-2H3/t9-/m1/s1. The van der Waals surface area contributed by atoms with Crippen molar-refractivity contribution in [2.75, 3.05) is 25.6 Å². The summed E-state index contributed by atoms with van der Waals surface area (Å²) >= 11 is 0. The first-order valence-corrected chi connectivity index (χ1v) is 4.75. The average Bonchev–Trinajstić information content (AvgIpc) is 2.26. The van der Waals surface area contributed by atoms with E-state index in [2.05, 4.69) is 5.32 Å². The van der Waals surface area contributed by atoms with Crippen LogP contribution in [0.1, 0.15) is 6.92 Å². The van der Waals surface area contributed by atoms with Gasteiger partial charge in [-0.05, 0) is 30.2 Å². The predicted molar refractivity (Wildman–Crippen MR) is 57.7 cm³/mol. The van der Waals surface area contributed by atoms with E-state index in [0.29, 0.717) is 0 Å². The average molecular weight is 195 g/mol. The molecule has 0 spiro atoms. The molecule has 1 atom stereocenters. The lowest BCUT2D eigenvalue weighted by molar-refractivity contribution is 0.244. The van der Waals surface area contributed by atoms with Gasteiger partial charge in [-0.1, -0.05) is 6.92 Å². The Morgan fingerprint density at radius 3 is 2.50 bits per heavy atom. The van der Waals surface area contributed by atoms with Crippen LogP contribution in [0.25, 0.3) is 0 Å². The van der Waals surface area contributed by atoms with Crippen molar-refractivity contribution in [2.24, 2.45) is 5.92 Å². The van der Waals surface area contributed by atoms with Crippen molar-refractivity contribution in [2.45, 2.75) is 6.92 Å². The van der Waals surface area contributed by atoms with Gasteiger partial charge < -0.3 is 15.2 Å². The molecular weight excluding hydrogens is 178 g/mol. The maximum absolute atomic E-state index is 8.83. The second-order valence-electron chi connectivity index (χ2n) is 3.40. The van der Waals surface area contributed by atoms with Crippen molar-refractivity contribution in [3.8, 4) is 5.75 Å². The summed E-state index contributed by atoms with van der Waals surface area (Å²) in [6, 6.07) is 7.74. The van der Waals surface area contributed by atoms with E-state index in [4.69, 9.17) is 9.84 Å². The summed E-state index contributed by atoms with van der Waals surface area (Å²) in [5.74, 6) is 1.13. The van der Waals surface area contributed by atoms with E-state index in [1.54, 1.807) is 7.11 Å². The number of hydrogen-bond donors (Lipinski definition) is 2. The Hall–Kier alpha value is -1.22. The van der Waals surface area contributed by atoms with Crippen molar-refractivity contribution in [1.82, 2.24) is 0 Å². The van der Waals surface area contributed by atoms with E-state index in [-0.39, 0.29) is 12.5 Å². The second kappa shape index (κ2) is 5.50. The predicted octanol–water partition coefficient (Wildman–Crippen LogP) is 1.74. The van der Waals surface area contributed by atoms with Crippen molar-refractivity contribution < 1.29 is 9.84 Å². The molecule has 0 saturated carbocycles. The minimum Gasteiger partial charge on any atom is -0.497 e. The lowest BCUT2D eigenvalue weighted by Crippen LogP contribution is -2.14. The summed E-state index contributed by atoms with van der Waals surface area (Å²) in [7, 11) is 1.65. The first-order chi connectivity index (χ1) is 6.76. The van der Waals surface area contributed by atoms with Crippen LogP contribution in [0.15, 0.2) is 24.3 Å². The molecule has 0 saturated heterocycles. The molecule has 0 radical (unpaired) electrons. The zero-order valence-electron chi connectivity index (χ0n) is 8.66. The first-order valence-electron chi connectivity index (χ1n) is 4.75. The van der Waals surface area contributed by atoms with E-state index in [9.17, 15) is 0 Å². The van der Waals surface area contributed by atoms with Gasteiger partial charge in [-0.25, -0.2) is 0 Å². The molecule has 1 aromatic carbocycles. The molecule has 0 aromatic heterocycles. The first kappa shape index (κ1) is 10.9. The molecule has 0 unspecified atom stereocenters. The molecule has 0 bridgehead atoms. The number of nitrogens with one attached hydrogen (secondary N) is 1. The van der Waals surface area contributed by atoms with Gasteiger partial charge in [0, 0.05) is 18.8 Å². The van der Waals surface area contributed by atoms with Crippen molar-refractivity contribution in [3.63, 3.8) is 0 Å². The zero-order valence-corrected chi connectivity index (χ0v) is 8.66. The van der Waals surface area contributed by atoms with Gasteiger partial charge in [-0.2, -0.15) is 0 Å². The molecule has 0 aliphatic carbocycles. The fourth-order valence-corrected chi connectivity index (χ4v) is 1.07. The molecule has 3 heteroatoms. The summed E-state index contributed by atoms with van der Waals surface area (Å²) in [5, 5.41) is 12.1. The number of methoxy groups -OCH3 is 1. The summed E-state index contributed by atoms with van der Waals surface area (Å²) in [4.78, 5) is 0. The van der Waals surface area contributed by atoms with Crippen LogP contribution in [0.4, 0.5) is 5.69 Å². The van der Waals surface area contributed by atoms with Crippen LogP contribution in [-0.4, -0.2) is 25.4 Å². The normalized spacial score (nSPS) is 12.2. The lowest BCUT2D eigenvalue weighted by Gasteiger charge is -2.10. The Labute approximate surface area is 84.7 Å². The molecule has 0 aliphatic rings. The molecule has 0 fully saturated rings. The fourth-order valence-electron chi connectivity index (χ4n) is 1.07. The topological polar surface area (TPSA) is 41.5 Å². The second-order valence-corrected chi connectivity index (χ2v) is 3.40. The van der Waals surface area contributed by atoms with E-state index in [0.717, 1.165) is 18.0 Å². The molecule has 1 rings (SSSR count). The summed E-state index contributed by atoms with van der Waals surface area (Å²) < 4.78 is 5.05. The molecule has 78 valence electrons. The summed E-state index contributed by atoms with van der Waals surface area (Å²) in [5.41, 5.74) is 1.05. The maximum Gasteiger partial charge on any atom is 0.119 e. The number of benzene rings is 1. The molecule has 2 N–H and O–H groups in total. The minimum atomic E-state index is 0.211. The Balaban J connectivity index is 2.43. The molecule has 3 nitrogen and oxygen atoms in total. The van der Waals surface area contributed by atoms with Crippen LogP contribution in [0.2, 0.25) is 0 Å². The Kier molecular flexibility index (Phi) is 4.26. The summed E-state index contributed by atoms with van der Waals surface area (Å²) in [6.07, 6.45) is 0. The SMILES string of the molecule is COc1ccc(NC[C@@H](C)CO)cc1. The van der Waals surface area contributed by atoms with Crippen molar-refractivity contribution in [1.29, 1.82) is 0 Å². The highest BCUT2D eigenvalue weighted by Crippen LogP contribution is 2.15. The van der Waals surface area contributed by atoms with E-state index in [1.807, 2.05) is 31.2 Å². The monoisotopic (exact) mass is 195 g/mol. The molecule has 14 heavy (non-hydrogen) atoms. The van der Waals surface area contributed by atoms with Crippen LogP contribution >= 0.6 is 0 Å². The van der Waals surface area contributed by atoms with Gasteiger partial charge in [-0.15, -0.1) is 0 Å². The smallest absolute Gasteiger partial charge is 0.119 e. The van der Waals surface area contributed by atoms with Gasteiger partial charge in [0.15, 0.2) is 0 Å². The number of aliphatic hydroxyl groups excluding tert-OH is 1. The number of hydrogen-bond acceptors (Lipinski definition) is 3. The molecular formula is C11H17NO2. The largest absolute Gasteiger partial charge is 0.497 e. The number of ether oxygens (including phenoxy) is 1. The van der Waals surface area contributed by atoms with E-state index >= 15 is 0 Å². The fraction of sp³-hybridized carbons (Fsp3) is 0.455. The molecule has 0 aliphatic heterocycles. The lowest BCUT2D eigenvalue weighted by atomic mass is 10.2. The maximum atomic E-state index is 8.83. The molecule has 0 amide bonds. The number of rotatable bonds is 5. The minimum absolute atomic E-state index is 0.211. The van der Waals surface area contributed by atoms with Crippen LogP contribution < -0.4 is 10.1 Å². The molecule has 1 aromatic rings. The third kappa shape index (κ3) is 3.26. The van der Waals surface area contributed by atoms with Crippen LogP contribution in [0.3, 0.4) is 0 Å². The van der Waals surface area contributed by atoms with Crippen LogP contribution in [0.5, 0.6) is 5.75 Å². The van der Waals surface area contributed by atoms with Gasteiger partial charge in [-0.3, -0.25) is 0 Å². The van der Waals surface area contributed by atoms with Gasteiger partial charge >= 0.3 is 0 Å². The van der Waals surface area contributed by atoms with Crippen LogP contribution in [0, 0.1) is 5.92 Å². The number of aliphatic hydroxyl groups is 1. The van der Waals surface area contributed by atoms with Crippen molar-refractivity contribution in [3.05, 3.63) is 24.3 Å². The Bertz CT molecular complexity index is 258. The highest BCUT2D eigenvalue weighted by atomic mass is 16.5. The molecule has 0 heterocycles. The van der Waals surface area contributed by atoms with E-state index in [1.165, 1.54) is 0 Å². The highest BCUT2D eigenvalue weighted by molar-refractivity contribution is 5.46. The number of anilines is 1. The third-order valence-electron chi connectivity index (χ3n) is 2.06. The van der Waals surface area contributed by atoms with Gasteiger partial charge in [0.05, 0.1) is 7.11 Å². The van der Waals surface area contributed by atoms with Gasteiger partial charge in [0.1, 0.15) is 5.75 Å². The zero-order chi connectivity index (χ0) is 10.4. The van der Waals surface area contributed by atoms with Crippen LogP contribution in [-0.2, 0) is 0 Å². The third-order valence-corrected chi connectivity index (χ3v) is 2.06.